The molecular formula is C17H22F3N3O4. The number of alkyl carbamates (subject to hydrolysis) is 1. The first-order valence-electron chi connectivity index (χ1n) is 8.47. The highest BCUT2D eigenvalue weighted by Gasteiger charge is 2.37. The highest BCUT2D eigenvalue weighted by atomic mass is 19.4. The predicted molar refractivity (Wildman–Crippen MR) is 92.7 cm³/mol. The van der Waals surface area contributed by atoms with Crippen LogP contribution in [0.4, 0.5) is 29.3 Å². The maximum atomic E-state index is 13.3. The standard InChI is InChI=1S/C17H22F3N3O4/c1-16(2,3)27-15(24)21-11-6-8-22(9-7-11)14-5-4-12(23(25)26)10-13(14)17(18,19)20/h4-5,10-11H,6-9H2,1-3H3,(H,21,24). The van der Waals surface area contributed by atoms with Crippen molar-refractivity contribution in [3.63, 3.8) is 0 Å². The van der Waals surface area contributed by atoms with E-state index in [1.54, 1.807) is 20.8 Å². The van der Waals surface area contributed by atoms with E-state index in [0.717, 1.165) is 12.1 Å². The second-order valence-electron chi connectivity index (χ2n) is 7.36. The van der Waals surface area contributed by atoms with E-state index in [2.05, 4.69) is 5.32 Å². The van der Waals surface area contributed by atoms with Gasteiger partial charge in [-0.15, -0.1) is 0 Å². The Hall–Kier alpha value is -2.52. The van der Waals surface area contributed by atoms with Crippen LogP contribution in [0.3, 0.4) is 0 Å². The van der Waals surface area contributed by atoms with E-state index in [0.29, 0.717) is 18.9 Å². The van der Waals surface area contributed by atoms with Crippen LogP contribution in [-0.2, 0) is 10.9 Å². The number of ether oxygens (including phenoxy) is 1. The van der Waals surface area contributed by atoms with Crippen molar-refractivity contribution in [2.24, 2.45) is 0 Å². The quantitative estimate of drug-likeness (QED) is 0.621. The fraction of sp³-hybridized carbons (Fsp3) is 0.588. The molecule has 0 bridgehead atoms. The number of nitrogens with zero attached hydrogens (tertiary/aromatic N) is 2. The third-order valence-corrected chi connectivity index (χ3v) is 4.05. The number of halogens is 3. The van der Waals surface area contributed by atoms with Crippen LogP contribution in [0.25, 0.3) is 0 Å². The first-order chi connectivity index (χ1) is 12.4. The number of hydrogen-bond acceptors (Lipinski definition) is 5. The van der Waals surface area contributed by atoms with Crippen LogP contribution in [0.5, 0.6) is 0 Å². The number of nitro groups is 1. The molecule has 0 saturated carbocycles. The zero-order chi connectivity index (χ0) is 20.4. The van der Waals surface area contributed by atoms with E-state index in [4.69, 9.17) is 4.74 Å². The number of hydrogen-bond donors (Lipinski definition) is 1. The molecule has 0 unspecified atom stereocenters. The third-order valence-electron chi connectivity index (χ3n) is 4.05. The van der Waals surface area contributed by atoms with Crippen molar-refractivity contribution in [2.45, 2.75) is 51.4 Å². The summed E-state index contributed by atoms with van der Waals surface area (Å²) in [7, 11) is 0. The Balaban J connectivity index is 2.07. The van der Waals surface area contributed by atoms with Crippen molar-refractivity contribution >= 4 is 17.5 Å². The number of rotatable bonds is 3. The molecule has 0 radical (unpaired) electrons. The molecule has 1 N–H and O–H groups in total. The monoisotopic (exact) mass is 389 g/mol. The zero-order valence-corrected chi connectivity index (χ0v) is 15.3. The molecule has 1 aromatic rings. The van der Waals surface area contributed by atoms with E-state index >= 15 is 0 Å². The van der Waals surface area contributed by atoms with Gasteiger partial charge in [-0.05, 0) is 39.7 Å². The Morgan fingerprint density at radius 2 is 1.85 bits per heavy atom. The molecular weight excluding hydrogens is 367 g/mol. The average molecular weight is 389 g/mol. The molecule has 0 spiro atoms. The van der Waals surface area contributed by atoms with Gasteiger partial charge in [0.1, 0.15) is 5.60 Å². The average Bonchev–Trinajstić information content (AvgIpc) is 2.52. The molecule has 1 fully saturated rings. The maximum absolute atomic E-state index is 13.3. The van der Waals surface area contributed by atoms with Crippen molar-refractivity contribution < 1.29 is 27.6 Å². The molecule has 0 atom stereocenters. The summed E-state index contributed by atoms with van der Waals surface area (Å²) in [5, 5.41) is 13.5. The molecule has 0 aromatic heterocycles. The molecule has 10 heteroatoms. The van der Waals surface area contributed by atoms with Gasteiger partial charge in [-0.1, -0.05) is 0 Å². The van der Waals surface area contributed by atoms with E-state index in [-0.39, 0.29) is 24.8 Å². The number of amides is 1. The lowest BCUT2D eigenvalue weighted by molar-refractivity contribution is -0.385. The summed E-state index contributed by atoms with van der Waals surface area (Å²) in [6, 6.07) is 2.54. The van der Waals surface area contributed by atoms with Crippen LogP contribution < -0.4 is 10.2 Å². The van der Waals surface area contributed by atoms with Gasteiger partial charge in [0, 0.05) is 37.0 Å². The van der Waals surface area contributed by atoms with Crippen LogP contribution in [0.15, 0.2) is 18.2 Å². The first kappa shape index (κ1) is 20.8. The summed E-state index contributed by atoms with van der Waals surface area (Å²) in [6.07, 6.45) is -4.39. The highest BCUT2D eigenvalue weighted by Crippen LogP contribution is 2.39. The number of anilines is 1. The van der Waals surface area contributed by atoms with E-state index in [9.17, 15) is 28.1 Å². The summed E-state index contributed by atoms with van der Waals surface area (Å²) in [4.78, 5) is 23.3. The van der Waals surface area contributed by atoms with Crippen molar-refractivity contribution in [2.75, 3.05) is 18.0 Å². The molecule has 27 heavy (non-hydrogen) atoms. The largest absolute Gasteiger partial charge is 0.444 e. The first-order valence-corrected chi connectivity index (χ1v) is 8.47. The SMILES string of the molecule is CC(C)(C)OC(=O)NC1CCN(c2ccc([N+](=O)[O-])cc2C(F)(F)F)CC1. The molecule has 1 amide bonds. The Bertz CT molecular complexity index is 708. The van der Waals surface area contributed by atoms with Crippen LogP contribution in [0.2, 0.25) is 0 Å². The van der Waals surface area contributed by atoms with Gasteiger partial charge < -0.3 is 15.0 Å². The van der Waals surface area contributed by atoms with Crippen LogP contribution in [0, 0.1) is 10.1 Å². The van der Waals surface area contributed by atoms with Gasteiger partial charge in [0.15, 0.2) is 0 Å². The van der Waals surface area contributed by atoms with Crippen molar-refractivity contribution in [1.29, 1.82) is 0 Å². The lowest BCUT2D eigenvalue weighted by atomic mass is 10.0. The number of nitro benzene ring substituents is 1. The number of non-ortho nitro benzene ring substituents is 1. The second-order valence-corrected chi connectivity index (χ2v) is 7.36. The Morgan fingerprint density at radius 3 is 2.33 bits per heavy atom. The van der Waals surface area contributed by atoms with Crippen LogP contribution in [-0.4, -0.2) is 35.7 Å². The predicted octanol–water partition coefficient (Wildman–Crippen LogP) is 4.11. The van der Waals surface area contributed by atoms with Crippen molar-refractivity contribution in [1.82, 2.24) is 5.32 Å². The number of nitrogens with one attached hydrogen (secondary N) is 1. The molecule has 2 rings (SSSR count). The molecule has 1 aromatic carbocycles. The molecule has 1 heterocycles. The van der Waals surface area contributed by atoms with Gasteiger partial charge in [-0.2, -0.15) is 13.2 Å². The molecule has 7 nitrogen and oxygen atoms in total. The zero-order valence-electron chi connectivity index (χ0n) is 15.3. The minimum absolute atomic E-state index is 0.0937. The fourth-order valence-electron chi connectivity index (χ4n) is 2.88. The molecule has 1 aliphatic rings. The lowest BCUT2D eigenvalue weighted by Gasteiger charge is -2.35. The Morgan fingerprint density at radius 1 is 1.26 bits per heavy atom. The number of carbonyl (C=O) groups excluding carboxylic acids is 1. The molecule has 1 saturated heterocycles. The van der Waals surface area contributed by atoms with Crippen molar-refractivity contribution in [3.05, 3.63) is 33.9 Å². The van der Waals surface area contributed by atoms with Crippen molar-refractivity contribution in [3.8, 4) is 0 Å². The second kappa shape index (κ2) is 7.61. The van der Waals surface area contributed by atoms with E-state index in [1.807, 2.05) is 0 Å². The Kier molecular flexibility index (Phi) is 5.86. The third kappa shape index (κ3) is 5.73. The summed E-state index contributed by atoms with van der Waals surface area (Å²) in [6.45, 7) is 5.77. The number of piperidine rings is 1. The molecule has 150 valence electrons. The Labute approximate surface area is 154 Å². The minimum Gasteiger partial charge on any atom is -0.444 e. The number of carbonyl (C=O) groups is 1. The highest BCUT2D eigenvalue weighted by molar-refractivity contribution is 5.68. The fourth-order valence-corrected chi connectivity index (χ4v) is 2.88. The van der Waals surface area contributed by atoms with E-state index in [1.165, 1.54) is 4.90 Å². The summed E-state index contributed by atoms with van der Waals surface area (Å²) >= 11 is 0. The molecule has 0 aliphatic carbocycles. The van der Waals surface area contributed by atoms with Gasteiger partial charge >= 0.3 is 12.3 Å². The summed E-state index contributed by atoms with van der Waals surface area (Å²) in [5.74, 6) is 0. The smallest absolute Gasteiger partial charge is 0.418 e. The van der Waals surface area contributed by atoms with Gasteiger partial charge in [0.05, 0.1) is 10.5 Å². The van der Waals surface area contributed by atoms with Gasteiger partial charge in [0.25, 0.3) is 5.69 Å². The normalized spacial score (nSPS) is 16.1. The number of benzene rings is 1. The van der Waals surface area contributed by atoms with Crippen LogP contribution >= 0.6 is 0 Å². The van der Waals surface area contributed by atoms with Gasteiger partial charge in [0.2, 0.25) is 0 Å². The van der Waals surface area contributed by atoms with Gasteiger partial charge in [-0.3, -0.25) is 10.1 Å². The van der Waals surface area contributed by atoms with Crippen LogP contribution in [0.1, 0.15) is 39.2 Å². The van der Waals surface area contributed by atoms with E-state index < -0.39 is 34.0 Å². The number of alkyl halides is 3. The van der Waals surface area contributed by atoms with Gasteiger partial charge in [-0.25, -0.2) is 4.79 Å². The maximum Gasteiger partial charge on any atom is 0.418 e. The molecule has 1 aliphatic heterocycles. The topological polar surface area (TPSA) is 84.7 Å². The summed E-state index contributed by atoms with van der Waals surface area (Å²) < 4.78 is 45.2. The summed E-state index contributed by atoms with van der Waals surface area (Å²) in [5.41, 5.74) is -2.36. The minimum atomic E-state index is -4.70. The lowest BCUT2D eigenvalue weighted by Crippen LogP contribution is -2.46.